The number of piperazine rings is 1. The van der Waals surface area contributed by atoms with Crippen LogP contribution in [0.4, 0.5) is 17.6 Å². The standard InChI is InChI=1S/C10H18F4N2O/c1-6(2)7-3-16-8(4-15-7)17-5-10(13,14)9(11)12/h6-9,15-16H,3-5H2,1-2H3. The number of hydrogen-bond donors (Lipinski definition) is 2. The average molecular weight is 258 g/mol. The molecule has 0 amide bonds. The van der Waals surface area contributed by atoms with Gasteiger partial charge >= 0.3 is 12.3 Å². The highest BCUT2D eigenvalue weighted by Gasteiger charge is 2.41. The van der Waals surface area contributed by atoms with Gasteiger partial charge in [0.15, 0.2) is 0 Å². The van der Waals surface area contributed by atoms with Gasteiger partial charge in [-0.15, -0.1) is 0 Å². The van der Waals surface area contributed by atoms with Crippen molar-refractivity contribution >= 4 is 0 Å². The van der Waals surface area contributed by atoms with Crippen molar-refractivity contribution in [2.45, 2.75) is 38.5 Å². The molecule has 17 heavy (non-hydrogen) atoms. The van der Waals surface area contributed by atoms with Crippen LogP contribution in [0.3, 0.4) is 0 Å². The Kier molecular flexibility index (Phi) is 5.15. The first-order valence-electron chi connectivity index (χ1n) is 5.57. The maximum atomic E-state index is 12.6. The summed E-state index contributed by atoms with van der Waals surface area (Å²) in [4.78, 5) is 0. The van der Waals surface area contributed by atoms with Gasteiger partial charge in [-0.2, -0.15) is 8.78 Å². The van der Waals surface area contributed by atoms with Gasteiger partial charge < -0.3 is 10.1 Å². The van der Waals surface area contributed by atoms with E-state index in [-0.39, 0.29) is 6.04 Å². The minimum absolute atomic E-state index is 0.241. The first-order chi connectivity index (χ1) is 7.83. The van der Waals surface area contributed by atoms with Gasteiger partial charge in [0.1, 0.15) is 12.8 Å². The number of halogens is 4. The van der Waals surface area contributed by atoms with E-state index in [1.165, 1.54) is 0 Å². The maximum Gasteiger partial charge on any atom is 0.330 e. The molecule has 2 N–H and O–H groups in total. The number of nitrogens with one attached hydrogen (secondary N) is 2. The van der Waals surface area contributed by atoms with Crippen LogP contribution in [0.15, 0.2) is 0 Å². The molecule has 7 heteroatoms. The van der Waals surface area contributed by atoms with Crippen molar-refractivity contribution in [3.8, 4) is 0 Å². The lowest BCUT2D eigenvalue weighted by atomic mass is 10.0. The molecule has 102 valence electrons. The molecular formula is C10H18F4N2O. The Morgan fingerprint density at radius 2 is 1.88 bits per heavy atom. The Bertz CT molecular complexity index is 230. The summed E-state index contributed by atoms with van der Waals surface area (Å²) in [6.45, 7) is 3.71. The Morgan fingerprint density at radius 1 is 1.24 bits per heavy atom. The van der Waals surface area contributed by atoms with Crippen LogP contribution in [0.1, 0.15) is 13.8 Å². The summed E-state index contributed by atoms with van der Waals surface area (Å²) < 4.78 is 53.6. The molecule has 1 saturated heterocycles. The van der Waals surface area contributed by atoms with Gasteiger partial charge in [-0.05, 0) is 5.92 Å². The van der Waals surface area contributed by atoms with Crippen molar-refractivity contribution in [2.24, 2.45) is 5.92 Å². The fourth-order valence-electron chi connectivity index (χ4n) is 1.53. The fraction of sp³-hybridized carbons (Fsp3) is 1.00. The third-order valence-electron chi connectivity index (χ3n) is 2.73. The van der Waals surface area contributed by atoms with Crippen molar-refractivity contribution in [1.29, 1.82) is 0 Å². The van der Waals surface area contributed by atoms with Gasteiger partial charge in [0.05, 0.1) is 0 Å². The summed E-state index contributed by atoms with van der Waals surface area (Å²) in [5, 5.41) is 6.01. The summed E-state index contributed by atoms with van der Waals surface area (Å²) in [5.74, 6) is -3.68. The summed E-state index contributed by atoms with van der Waals surface area (Å²) in [6.07, 6.45) is -4.34. The minimum atomic E-state index is -4.09. The molecule has 3 nitrogen and oxygen atoms in total. The Labute approximate surface area is 97.9 Å². The molecule has 1 aliphatic heterocycles. The smallest absolute Gasteiger partial charge is 0.330 e. The highest BCUT2D eigenvalue weighted by molar-refractivity contribution is 4.81. The Hall–Kier alpha value is -0.400. The van der Waals surface area contributed by atoms with E-state index in [1.54, 1.807) is 0 Å². The predicted molar refractivity (Wildman–Crippen MR) is 55.3 cm³/mol. The molecule has 0 aromatic rings. The van der Waals surface area contributed by atoms with Crippen LogP contribution >= 0.6 is 0 Å². The molecule has 0 saturated carbocycles. The van der Waals surface area contributed by atoms with Gasteiger partial charge in [-0.25, -0.2) is 8.78 Å². The van der Waals surface area contributed by atoms with E-state index in [4.69, 9.17) is 4.74 Å². The first-order valence-corrected chi connectivity index (χ1v) is 5.57. The fourth-order valence-corrected chi connectivity index (χ4v) is 1.53. The van der Waals surface area contributed by atoms with E-state index >= 15 is 0 Å². The number of ether oxygens (including phenoxy) is 1. The van der Waals surface area contributed by atoms with Crippen LogP contribution in [0.2, 0.25) is 0 Å². The highest BCUT2D eigenvalue weighted by atomic mass is 19.3. The van der Waals surface area contributed by atoms with Crippen LogP contribution in [0.25, 0.3) is 0 Å². The zero-order chi connectivity index (χ0) is 13.1. The molecule has 0 spiro atoms. The molecule has 1 aliphatic rings. The Balaban J connectivity index is 2.27. The number of alkyl halides is 4. The topological polar surface area (TPSA) is 33.3 Å². The van der Waals surface area contributed by atoms with Crippen LogP contribution in [0.5, 0.6) is 0 Å². The molecule has 0 radical (unpaired) electrons. The lowest BCUT2D eigenvalue weighted by Gasteiger charge is -2.33. The van der Waals surface area contributed by atoms with Gasteiger partial charge in [-0.1, -0.05) is 13.8 Å². The van der Waals surface area contributed by atoms with Crippen LogP contribution < -0.4 is 10.6 Å². The summed E-state index contributed by atoms with van der Waals surface area (Å²) in [7, 11) is 0. The molecule has 2 unspecified atom stereocenters. The molecule has 0 aromatic carbocycles. The quantitative estimate of drug-likeness (QED) is 0.732. The first kappa shape index (κ1) is 14.7. The lowest BCUT2D eigenvalue weighted by Crippen LogP contribution is -2.57. The third kappa shape index (κ3) is 4.40. The van der Waals surface area contributed by atoms with Gasteiger partial charge in [0, 0.05) is 19.1 Å². The molecule has 2 atom stereocenters. The molecule has 1 heterocycles. The number of hydrogen-bond acceptors (Lipinski definition) is 3. The van der Waals surface area contributed by atoms with Gasteiger partial charge in [0.2, 0.25) is 0 Å². The van der Waals surface area contributed by atoms with Crippen LogP contribution in [-0.2, 0) is 4.74 Å². The van der Waals surface area contributed by atoms with Crippen molar-refractivity contribution in [3.05, 3.63) is 0 Å². The van der Waals surface area contributed by atoms with Gasteiger partial charge in [-0.3, -0.25) is 5.32 Å². The van der Waals surface area contributed by atoms with E-state index in [9.17, 15) is 17.6 Å². The van der Waals surface area contributed by atoms with Crippen molar-refractivity contribution in [2.75, 3.05) is 19.7 Å². The Morgan fingerprint density at radius 3 is 2.29 bits per heavy atom. The zero-order valence-corrected chi connectivity index (χ0v) is 9.85. The van der Waals surface area contributed by atoms with Crippen LogP contribution in [-0.4, -0.2) is 44.3 Å². The van der Waals surface area contributed by atoms with E-state index in [0.717, 1.165) is 0 Å². The molecule has 0 aliphatic carbocycles. The zero-order valence-electron chi connectivity index (χ0n) is 9.85. The van der Waals surface area contributed by atoms with E-state index < -0.39 is 25.2 Å². The van der Waals surface area contributed by atoms with E-state index in [1.807, 2.05) is 13.8 Å². The molecule has 1 rings (SSSR count). The molecule has 0 bridgehead atoms. The second kappa shape index (κ2) is 5.97. The minimum Gasteiger partial charge on any atom is -0.356 e. The SMILES string of the molecule is CC(C)C1CNC(OCC(F)(F)C(F)F)CN1. The third-order valence-corrected chi connectivity index (χ3v) is 2.73. The van der Waals surface area contributed by atoms with Crippen LogP contribution in [0, 0.1) is 5.92 Å². The monoisotopic (exact) mass is 258 g/mol. The number of rotatable bonds is 5. The molecule has 0 aromatic heterocycles. The second-order valence-electron chi connectivity index (χ2n) is 4.53. The summed E-state index contributed by atoms with van der Waals surface area (Å²) in [5.41, 5.74) is 0. The van der Waals surface area contributed by atoms with E-state index in [0.29, 0.717) is 19.0 Å². The van der Waals surface area contributed by atoms with Gasteiger partial charge in [0.25, 0.3) is 0 Å². The second-order valence-corrected chi connectivity index (χ2v) is 4.53. The summed E-state index contributed by atoms with van der Waals surface area (Å²) in [6, 6.07) is 0.241. The maximum absolute atomic E-state index is 12.6. The molecular weight excluding hydrogens is 240 g/mol. The van der Waals surface area contributed by atoms with Crippen molar-refractivity contribution in [1.82, 2.24) is 10.6 Å². The van der Waals surface area contributed by atoms with E-state index in [2.05, 4.69) is 10.6 Å². The van der Waals surface area contributed by atoms with Crippen molar-refractivity contribution < 1.29 is 22.3 Å². The normalized spacial score (nSPS) is 26.8. The molecule has 1 fully saturated rings. The predicted octanol–water partition coefficient (Wildman–Crippen LogP) is 1.45. The lowest BCUT2D eigenvalue weighted by molar-refractivity contribution is -0.180. The largest absolute Gasteiger partial charge is 0.356 e. The average Bonchev–Trinajstić information content (AvgIpc) is 2.27. The van der Waals surface area contributed by atoms with Crippen molar-refractivity contribution in [3.63, 3.8) is 0 Å². The highest BCUT2D eigenvalue weighted by Crippen LogP contribution is 2.23. The summed E-state index contributed by atoms with van der Waals surface area (Å²) >= 11 is 0.